The number of hydrogen-bond donors (Lipinski definition) is 1. The summed E-state index contributed by atoms with van der Waals surface area (Å²) in [6.07, 6.45) is 2.93. The van der Waals surface area contributed by atoms with Crippen molar-refractivity contribution in [3.63, 3.8) is 0 Å². The minimum atomic E-state index is -0.316. The van der Waals surface area contributed by atoms with Gasteiger partial charge in [0.2, 0.25) is 0 Å². The van der Waals surface area contributed by atoms with Crippen molar-refractivity contribution in [3.8, 4) is 11.4 Å². The Bertz CT molecular complexity index is 874. The van der Waals surface area contributed by atoms with Crippen molar-refractivity contribution < 1.29 is 9.18 Å². The maximum atomic E-state index is 12.9. The average molecular weight is 321 g/mol. The van der Waals surface area contributed by atoms with Gasteiger partial charge in [-0.25, -0.2) is 14.4 Å². The number of carbonyl (C=O) groups is 1. The molecule has 2 aromatic carbocycles. The molecule has 5 heteroatoms. The maximum Gasteiger partial charge on any atom is 0.258 e. The fourth-order valence-electron chi connectivity index (χ4n) is 2.26. The molecule has 24 heavy (non-hydrogen) atoms. The molecule has 0 aliphatic heterocycles. The molecule has 0 aliphatic rings. The Morgan fingerprint density at radius 2 is 1.67 bits per heavy atom. The monoisotopic (exact) mass is 321 g/mol. The van der Waals surface area contributed by atoms with E-state index in [1.807, 2.05) is 32.0 Å². The lowest BCUT2D eigenvalue weighted by atomic mass is 10.1. The summed E-state index contributed by atoms with van der Waals surface area (Å²) in [6, 6.07) is 11.8. The molecule has 0 aliphatic carbocycles. The highest BCUT2D eigenvalue weighted by atomic mass is 19.1. The molecule has 0 bridgehead atoms. The zero-order chi connectivity index (χ0) is 17.1. The van der Waals surface area contributed by atoms with Gasteiger partial charge in [0.15, 0.2) is 5.82 Å². The molecule has 0 fully saturated rings. The van der Waals surface area contributed by atoms with Crippen molar-refractivity contribution in [2.45, 2.75) is 13.8 Å². The molecule has 4 nitrogen and oxygen atoms in total. The van der Waals surface area contributed by atoms with E-state index in [1.165, 1.54) is 24.5 Å². The number of amides is 1. The quantitative estimate of drug-likeness (QED) is 0.788. The van der Waals surface area contributed by atoms with Crippen LogP contribution in [0.2, 0.25) is 0 Å². The number of carbonyl (C=O) groups excluding carboxylic acids is 1. The van der Waals surface area contributed by atoms with Gasteiger partial charge in [0.1, 0.15) is 5.82 Å². The molecule has 1 amide bonds. The average Bonchev–Trinajstić information content (AvgIpc) is 2.59. The van der Waals surface area contributed by atoms with Crippen LogP contribution in [0.1, 0.15) is 21.5 Å². The Balaban J connectivity index is 1.79. The Morgan fingerprint density at radius 3 is 2.33 bits per heavy atom. The van der Waals surface area contributed by atoms with Gasteiger partial charge in [-0.1, -0.05) is 12.1 Å². The van der Waals surface area contributed by atoms with Gasteiger partial charge in [-0.05, 0) is 55.3 Å². The van der Waals surface area contributed by atoms with E-state index in [0.717, 1.165) is 16.8 Å². The molecule has 3 aromatic rings. The van der Waals surface area contributed by atoms with Gasteiger partial charge in [-0.3, -0.25) is 4.79 Å². The molecule has 3 rings (SSSR count). The van der Waals surface area contributed by atoms with E-state index in [-0.39, 0.29) is 11.7 Å². The first kappa shape index (κ1) is 15.8. The highest BCUT2D eigenvalue weighted by Crippen LogP contribution is 2.18. The van der Waals surface area contributed by atoms with E-state index < -0.39 is 0 Å². The summed E-state index contributed by atoms with van der Waals surface area (Å²) in [4.78, 5) is 20.7. The number of nitrogens with one attached hydrogen (secondary N) is 1. The van der Waals surface area contributed by atoms with E-state index in [2.05, 4.69) is 15.3 Å². The SMILES string of the molecule is Cc1ccc(C)c(NC(=O)c2cnc(-c3ccc(F)cc3)nc2)c1. The predicted molar refractivity (Wildman–Crippen MR) is 91.3 cm³/mol. The minimum absolute atomic E-state index is 0.269. The van der Waals surface area contributed by atoms with Gasteiger partial charge in [0.25, 0.3) is 5.91 Å². The maximum absolute atomic E-state index is 12.9. The van der Waals surface area contributed by atoms with E-state index >= 15 is 0 Å². The van der Waals surface area contributed by atoms with E-state index in [9.17, 15) is 9.18 Å². The third kappa shape index (κ3) is 3.46. The summed E-state index contributed by atoms with van der Waals surface area (Å²) in [5.41, 5.74) is 3.87. The van der Waals surface area contributed by atoms with Gasteiger partial charge >= 0.3 is 0 Å². The van der Waals surface area contributed by atoms with Crippen LogP contribution in [-0.2, 0) is 0 Å². The number of rotatable bonds is 3. The van der Waals surface area contributed by atoms with E-state index in [0.29, 0.717) is 17.0 Å². The zero-order valence-corrected chi connectivity index (χ0v) is 13.4. The predicted octanol–water partition coefficient (Wildman–Crippen LogP) is 4.15. The van der Waals surface area contributed by atoms with Crippen LogP contribution in [0.4, 0.5) is 10.1 Å². The normalized spacial score (nSPS) is 10.5. The van der Waals surface area contributed by atoms with Gasteiger partial charge in [0.05, 0.1) is 5.56 Å². The number of hydrogen-bond acceptors (Lipinski definition) is 3. The number of aromatic nitrogens is 2. The zero-order valence-electron chi connectivity index (χ0n) is 13.4. The van der Waals surface area contributed by atoms with Crippen LogP contribution in [0.5, 0.6) is 0 Å². The summed E-state index contributed by atoms with van der Waals surface area (Å²) < 4.78 is 12.9. The summed E-state index contributed by atoms with van der Waals surface area (Å²) >= 11 is 0. The van der Waals surface area contributed by atoms with Gasteiger partial charge in [0, 0.05) is 23.6 Å². The lowest BCUT2D eigenvalue weighted by Crippen LogP contribution is -2.13. The Morgan fingerprint density at radius 1 is 1.00 bits per heavy atom. The van der Waals surface area contributed by atoms with Crippen molar-refractivity contribution >= 4 is 11.6 Å². The van der Waals surface area contributed by atoms with Gasteiger partial charge in [-0.15, -0.1) is 0 Å². The van der Waals surface area contributed by atoms with Crippen LogP contribution in [0.15, 0.2) is 54.9 Å². The summed E-state index contributed by atoms with van der Waals surface area (Å²) in [7, 11) is 0. The topological polar surface area (TPSA) is 54.9 Å². The van der Waals surface area contributed by atoms with Gasteiger partial charge < -0.3 is 5.32 Å². The molecule has 120 valence electrons. The smallest absolute Gasteiger partial charge is 0.258 e. The minimum Gasteiger partial charge on any atom is -0.322 e. The number of aryl methyl sites for hydroxylation is 2. The van der Waals surface area contributed by atoms with Crippen LogP contribution >= 0.6 is 0 Å². The number of nitrogens with zero attached hydrogens (tertiary/aromatic N) is 2. The van der Waals surface area contributed by atoms with E-state index in [4.69, 9.17) is 0 Å². The summed E-state index contributed by atoms with van der Waals surface area (Å²) in [5, 5.41) is 2.87. The molecular formula is C19H16FN3O. The molecule has 0 unspecified atom stereocenters. The second-order valence-electron chi connectivity index (χ2n) is 5.57. The molecule has 0 saturated carbocycles. The largest absolute Gasteiger partial charge is 0.322 e. The second kappa shape index (κ2) is 6.58. The molecule has 0 atom stereocenters. The van der Waals surface area contributed by atoms with Crippen LogP contribution < -0.4 is 5.32 Å². The van der Waals surface area contributed by atoms with Crippen molar-refractivity contribution in [2.24, 2.45) is 0 Å². The highest BCUT2D eigenvalue weighted by Gasteiger charge is 2.10. The first-order valence-electron chi connectivity index (χ1n) is 7.49. The van der Waals surface area contributed by atoms with Gasteiger partial charge in [-0.2, -0.15) is 0 Å². The van der Waals surface area contributed by atoms with Crippen molar-refractivity contribution in [3.05, 3.63) is 77.4 Å². The van der Waals surface area contributed by atoms with Crippen LogP contribution in [-0.4, -0.2) is 15.9 Å². The fraction of sp³-hybridized carbons (Fsp3) is 0.105. The van der Waals surface area contributed by atoms with Crippen molar-refractivity contribution in [1.82, 2.24) is 9.97 Å². The summed E-state index contributed by atoms with van der Waals surface area (Å²) in [6.45, 7) is 3.90. The lowest BCUT2D eigenvalue weighted by molar-refractivity contribution is 0.102. The molecule has 0 saturated heterocycles. The highest BCUT2D eigenvalue weighted by molar-refractivity contribution is 6.04. The standard InChI is InChI=1S/C19H16FN3O/c1-12-3-4-13(2)17(9-12)23-19(24)15-10-21-18(22-11-15)14-5-7-16(20)8-6-14/h3-11H,1-2H3,(H,23,24). The Kier molecular flexibility index (Phi) is 4.33. The van der Waals surface area contributed by atoms with Crippen molar-refractivity contribution in [1.29, 1.82) is 0 Å². The molecule has 0 radical (unpaired) electrons. The molecule has 0 spiro atoms. The number of anilines is 1. The number of halogens is 1. The second-order valence-corrected chi connectivity index (χ2v) is 5.57. The number of benzene rings is 2. The van der Waals surface area contributed by atoms with Crippen LogP contribution in [0.25, 0.3) is 11.4 Å². The first-order valence-corrected chi connectivity index (χ1v) is 7.49. The third-order valence-corrected chi connectivity index (χ3v) is 3.66. The van der Waals surface area contributed by atoms with Crippen LogP contribution in [0, 0.1) is 19.7 Å². The van der Waals surface area contributed by atoms with Crippen LogP contribution in [0.3, 0.4) is 0 Å². The Labute approximate surface area is 139 Å². The molecular weight excluding hydrogens is 305 g/mol. The van der Waals surface area contributed by atoms with Crippen molar-refractivity contribution in [2.75, 3.05) is 5.32 Å². The lowest BCUT2D eigenvalue weighted by Gasteiger charge is -2.09. The van der Waals surface area contributed by atoms with E-state index in [1.54, 1.807) is 12.1 Å². The third-order valence-electron chi connectivity index (χ3n) is 3.66. The molecule has 1 N–H and O–H groups in total. The summed E-state index contributed by atoms with van der Waals surface area (Å²) in [5.74, 6) is -0.143. The first-order chi connectivity index (χ1) is 11.5. The fourth-order valence-corrected chi connectivity index (χ4v) is 2.26. The Hall–Kier alpha value is -3.08. The molecule has 1 heterocycles. The molecule has 1 aromatic heterocycles.